The first-order valence-electron chi connectivity index (χ1n) is 8.94. The average molecular weight is 428 g/mol. The Kier molecular flexibility index (Phi) is 5.40. The van der Waals surface area contributed by atoms with E-state index in [9.17, 15) is 22.0 Å². The standard InChI is InChI=1S/C24H14F5P/c25-20-9-14(13-1-5-17(30)6-2-13)3-7-18(20)15-4-8-19(21(26)10-15)16-11-22(27)24(29)23(28)12-16/h1-12H,30H2. The Balaban J connectivity index is 1.70. The minimum atomic E-state index is -1.62. The van der Waals surface area contributed by atoms with E-state index < -0.39 is 29.1 Å². The summed E-state index contributed by atoms with van der Waals surface area (Å²) >= 11 is 0. The van der Waals surface area contributed by atoms with Crippen LogP contribution in [0.25, 0.3) is 33.4 Å². The van der Waals surface area contributed by atoms with E-state index in [0.29, 0.717) is 17.7 Å². The van der Waals surface area contributed by atoms with Gasteiger partial charge in [0.25, 0.3) is 0 Å². The molecular weight excluding hydrogens is 414 g/mol. The van der Waals surface area contributed by atoms with Gasteiger partial charge in [-0.1, -0.05) is 48.5 Å². The molecule has 0 radical (unpaired) electrons. The van der Waals surface area contributed by atoms with E-state index in [4.69, 9.17) is 0 Å². The minimum Gasteiger partial charge on any atom is -0.206 e. The van der Waals surface area contributed by atoms with Crippen molar-refractivity contribution in [3.8, 4) is 33.4 Å². The Morgan fingerprint density at radius 3 is 1.43 bits per heavy atom. The first-order chi connectivity index (χ1) is 14.3. The molecule has 30 heavy (non-hydrogen) atoms. The smallest absolute Gasteiger partial charge is 0.194 e. The van der Waals surface area contributed by atoms with Crippen molar-refractivity contribution in [3.63, 3.8) is 0 Å². The van der Waals surface area contributed by atoms with Crippen LogP contribution in [0.3, 0.4) is 0 Å². The Morgan fingerprint density at radius 1 is 0.433 bits per heavy atom. The summed E-state index contributed by atoms with van der Waals surface area (Å²) < 4.78 is 69.5. The van der Waals surface area contributed by atoms with Crippen molar-refractivity contribution >= 4 is 14.5 Å². The van der Waals surface area contributed by atoms with Crippen molar-refractivity contribution in [2.24, 2.45) is 0 Å². The third-order valence-electron chi connectivity index (χ3n) is 4.79. The molecule has 0 aromatic heterocycles. The van der Waals surface area contributed by atoms with Crippen molar-refractivity contribution < 1.29 is 22.0 Å². The van der Waals surface area contributed by atoms with E-state index >= 15 is 0 Å². The molecule has 0 N–H and O–H groups in total. The summed E-state index contributed by atoms with van der Waals surface area (Å²) in [7, 11) is 2.58. The van der Waals surface area contributed by atoms with Gasteiger partial charge in [0, 0.05) is 11.1 Å². The fourth-order valence-electron chi connectivity index (χ4n) is 3.23. The van der Waals surface area contributed by atoms with Gasteiger partial charge >= 0.3 is 0 Å². The number of halogens is 5. The van der Waals surface area contributed by atoms with Crippen molar-refractivity contribution in [1.29, 1.82) is 0 Å². The molecule has 0 saturated heterocycles. The van der Waals surface area contributed by atoms with Crippen molar-refractivity contribution in [3.05, 3.63) is 102 Å². The van der Waals surface area contributed by atoms with Crippen LogP contribution in [0.2, 0.25) is 0 Å². The SMILES string of the molecule is Fc1cc(-c2ccc(P)cc2)ccc1-c1ccc(-c2cc(F)c(F)c(F)c2)c(F)c1. The lowest BCUT2D eigenvalue weighted by Gasteiger charge is -2.10. The monoisotopic (exact) mass is 428 g/mol. The summed E-state index contributed by atoms with van der Waals surface area (Å²) in [6.07, 6.45) is 0. The maximum atomic E-state index is 14.7. The first kappa shape index (κ1) is 20.2. The van der Waals surface area contributed by atoms with Gasteiger partial charge in [0.1, 0.15) is 11.6 Å². The fourth-order valence-corrected chi connectivity index (χ4v) is 3.42. The minimum absolute atomic E-state index is 0.119. The molecule has 6 heteroatoms. The van der Waals surface area contributed by atoms with E-state index in [1.807, 2.05) is 24.3 Å². The number of rotatable bonds is 3. The highest BCUT2D eigenvalue weighted by Gasteiger charge is 2.15. The van der Waals surface area contributed by atoms with Gasteiger partial charge in [0.15, 0.2) is 17.5 Å². The van der Waals surface area contributed by atoms with E-state index in [0.717, 1.165) is 16.9 Å². The molecule has 1 unspecified atom stereocenters. The molecule has 0 aliphatic carbocycles. The van der Waals surface area contributed by atoms with Crippen LogP contribution in [-0.2, 0) is 0 Å². The molecule has 0 bridgehead atoms. The number of hydrogen-bond donors (Lipinski definition) is 0. The molecule has 0 aliphatic rings. The third kappa shape index (κ3) is 3.86. The molecule has 4 rings (SSSR count). The highest BCUT2D eigenvalue weighted by Crippen LogP contribution is 2.32. The number of benzene rings is 4. The number of hydrogen-bond acceptors (Lipinski definition) is 0. The van der Waals surface area contributed by atoms with Crippen LogP contribution in [0, 0.1) is 29.1 Å². The predicted molar refractivity (Wildman–Crippen MR) is 112 cm³/mol. The van der Waals surface area contributed by atoms with Gasteiger partial charge < -0.3 is 0 Å². The van der Waals surface area contributed by atoms with Crippen molar-refractivity contribution in [2.45, 2.75) is 0 Å². The molecule has 1 atom stereocenters. The molecule has 150 valence electrons. The van der Waals surface area contributed by atoms with E-state index in [2.05, 4.69) is 9.24 Å². The van der Waals surface area contributed by atoms with Crippen LogP contribution in [0.15, 0.2) is 72.8 Å². The molecule has 0 fully saturated rings. The molecule has 4 aromatic carbocycles. The lowest BCUT2D eigenvalue weighted by atomic mass is 9.97. The van der Waals surface area contributed by atoms with Crippen molar-refractivity contribution in [1.82, 2.24) is 0 Å². The van der Waals surface area contributed by atoms with Gasteiger partial charge in [-0.25, -0.2) is 22.0 Å². The van der Waals surface area contributed by atoms with Crippen LogP contribution in [0.5, 0.6) is 0 Å². The zero-order valence-electron chi connectivity index (χ0n) is 15.4. The molecule has 0 aliphatic heterocycles. The van der Waals surface area contributed by atoms with Gasteiger partial charge in [-0.2, -0.15) is 0 Å². The van der Waals surface area contributed by atoms with Gasteiger partial charge in [0.05, 0.1) is 0 Å². The van der Waals surface area contributed by atoms with Crippen LogP contribution in [0.1, 0.15) is 0 Å². The lowest BCUT2D eigenvalue weighted by Crippen LogP contribution is -1.94. The zero-order valence-corrected chi connectivity index (χ0v) is 16.6. The molecule has 0 heterocycles. The van der Waals surface area contributed by atoms with Crippen LogP contribution < -0.4 is 5.30 Å². The molecular formula is C24H14F5P. The first-order valence-corrected chi connectivity index (χ1v) is 9.51. The van der Waals surface area contributed by atoms with Gasteiger partial charge in [-0.3, -0.25) is 0 Å². The molecule has 0 amide bonds. The zero-order chi connectivity index (χ0) is 21.4. The summed E-state index contributed by atoms with van der Waals surface area (Å²) in [5, 5.41) is 1.01. The molecule has 0 saturated carbocycles. The van der Waals surface area contributed by atoms with Crippen molar-refractivity contribution in [2.75, 3.05) is 0 Å². The van der Waals surface area contributed by atoms with E-state index in [1.165, 1.54) is 18.2 Å². The van der Waals surface area contributed by atoms with E-state index in [1.54, 1.807) is 12.1 Å². The summed E-state index contributed by atoms with van der Waals surface area (Å²) in [6, 6.07) is 17.4. The topological polar surface area (TPSA) is 0 Å². The lowest BCUT2D eigenvalue weighted by molar-refractivity contribution is 0.447. The second-order valence-electron chi connectivity index (χ2n) is 6.77. The van der Waals surface area contributed by atoms with Crippen LogP contribution in [-0.4, -0.2) is 0 Å². The Bertz CT molecular complexity index is 1230. The second-order valence-corrected chi connectivity index (χ2v) is 7.43. The quantitative estimate of drug-likeness (QED) is 0.190. The third-order valence-corrected chi connectivity index (χ3v) is 5.17. The fraction of sp³-hybridized carbons (Fsp3) is 0. The maximum absolute atomic E-state index is 14.7. The highest BCUT2D eigenvalue weighted by molar-refractivity contribution is 7.27. The summed E-state index contributed by atoms with van der Waals surface area (Å²) in [5.74, 6) is -5.79. The molecule has 4 aromatic rings. The predicted octanol–water partition coefficient (Wildman–Crippen LogP) is 6.88. The average Bonchev–Trinajstić information content (AvgIpc) is 2.72. The maximum Gasteiger partial charge on any atom is 0.194 e. The van der Waals surface area contributed by atoms with E-state index in [-0.39, 0.29) is 22.3 Å². The second kappa shape index (κ2) is 8.00. The van der Waals surface area contributed by atoms with Gasteiger partial charge in [0.2, 0.25) is 0 Å². The van der Waals surface area contributed by atoms with Crippen LogP contribution >= 0.6 is 9.24 Å². The summed E-state index contributed by atoms with van der Waals surface area (Å²) in [6.45, 7) is 0. The largest absolute Gasteiger partial charge is 0.206 e. The van der Waals surface area contributed by atoms with Gasteiger partial charge in [-0.05, 0) is 51.8 Å². The Hall–Kier alpha value is -3.04. The molecule has 0 nitrogen and oxygen atoms in total. The van der Waals surface area contributed by atoms with Gasteiger partial charge in [-0.15, -0.1) is 9.24 Å². The molecule has 0 spiro atoms. The highest BCUT2D eigenvalue weighted by atomic mass is 31.0. The normalized spacial score (nSPS) is 11.0. The summed E-state index contributed by atoms with van der Waals surface area (Å²) in [5.41, 5.74) is 1.70. The summed E-state index contributed by atoms with van der Waals surface area (Å²) in [4.78, 5) is 0. The van der Waals surface area contributed by atoms with Crippen LogP contribution in [0.4, 0.5) is 22.0 Å². The Labute approximate surface area is 172 Å². The Morgan fingerprint density at radius 2 is 0.867 bits per heavy atom.